The molecule has 0 aromatic carbocycles. The van der Waals surface area contributed by atoms with Crippen LogP contribution in [-0.4, -0.2) is 40.8 Å². The van der Waals surface area contributed by atoms with Crippen LogP contribution in [0.25, 0.3) is 5.70 Å². The number of nitrogens with zero attached hydrogens (tertiary/aromatic N) is 2. The van der Waals surface area contributed by atoms with Gasteiger partial charge < -0.3 is 21.6 Å². The van der Waals surface area contributed by atoms with Gasteiger partial charge in [0.2, 0.25) is 0 Å². The van der Waals surface area contributed by atoms with E-state index >= 15 is 0 Å². The van der Waals surface area contributed by atoms with Crippen molar-refractivity contribution in [2.45, 2.75) is 26.7 Å². The summed E-state index contributed by atoms with van der Waals surface area (Å²) in [4.78, 5) is 20.1. The smallest absolute Gasteiger partial charge is 0.271 e. The van der Waals surface area contributed by atoms with Crippen molar-refractivity contribution < 1.29 is 18.2 Å². The van der Waals surface area contributed by atoms with Crippen LogP contribution in [-0.2, 0) is 15.6 Å². The van der Waals surface area contributed by atoms with E-state index in [1.54, 1.807) is 56.6 Å². The molecule has 0 radical (unpaired) electrons. The molecular weight excluding hydrogens is 445 g/mol. The van der Waals surface area contributed by atoms with E-state index < -0.39 is 22.5 Å². The van der Waals surface area contributed by atoms with Crippen LogP contribution in [0.15, 0.2) is 70.4 Å². The molecule has 1 aromatic heterocycles. The average molecular weight is 478 g/mol. The van der Waals surface area contributed by atoms with Crippen molar-refractivity contribution in [2.24, 2.45) is 11.5 Å². The molecule has 0 bridgehead atoms. The summed E-state index contributed by atoms with van der Waals surface area (Å²) >= 11 is 0. The molecule has 0 aliphatic heterocycles. The Kier molecular flexibility index (Phi) is 14.6. The molecule has 1 aliphatic carbocycles. The van der Waals surface area contributed by atoms with Crippen LogP contribution in [0.3, 0.4) is 0 Å². The number of rotatable bonds is 8. The maximum Gasteiger partial charge on any atom is 0.271 e. The van der Waals surface area contributed by atoms with Crippen molar-refractivity contribution in [2.75, 3.05) is 19.4 Å². The van der Waals surface area contributed by atoms with E-state index in [9.17, 15) is 13.4 Å². The van der Waals surface area contributed by atoms with E-state index in [1.165, 1.54) is 17.8 Å². The zero-order valence-corrected chi connectivity index (χ0v) is 20.2. The first-order valence-corrected chi connectivity index (χ1v) is 11.2. The fraction of sp³-hybridized carbons (Fsp3) is 0.261. The quantitative estimate of drug-likeness (QED) is 0.490. The first-order valence-electron chi connectivity index (χ1n) is 10.0. The van der Waals surface area contributed by atoms with Crippen LogP contribution in [0.1, 0.15) is 37.2 Å². The van der Waals surface area contributed by atoms with Crippen LogP contribution >= 0.6 is 0 Å². The Labute approximate surface area is 196 Å². The average Bonchev–Trinajstić information content (AvgIpc) is 3.17. The summed E-state index contributed by atoms with van der Waals surface area (Å²) in [7, 11) is 1.49. The van der Waals surface area contributed by atoms with Gasteiger partial charge in [-0.15, -0.1) is 0 Å². The maximum atomic E-state index is 14.3. The number of carbonyl (C=O) groups is 2. The molecule has 180 valence electrons. The van der Waals surface area contributed by atoms with Gasteiger partial charge in [0.1, 0.15) is 12.6 Å². The van der Waals surface area contributed by atoms with E-state index in [-0.39, 0.29) is 17.0 Å². The number of hydrogen-bond donors (Lipinski definition) is 3. The van der Waals surface area contributed by atoms with Gasteiger partial charge in [-0.1, -0.05) is 31.2 Å². The maximum absolute atomic E-state index is 14.3. The second-order valence-corrected chi connectivity index (χ2v) is 7.62. The SMILES string of the molecule is C=O.CC\C=C/C(=C\C=C(/C)n1cc(NC)c(C(N)=O)n1)S(=O)C1=C(F)CC=CC=C1.CN. The van der Waals surface area contributed by atoms with Gasteiger partial charge in [0.15, 0.2) is 5.69 Å². The lowest BCUT2D eigenvalue weighted by molar-refractivity contribution is -0.0980. The van der Waals surface area contributed by atoms with E-state index in [0.29, 0.717) is 16.3 Å². The number of carbonyl (C=O) groups excluding carboxylic acids is 2. The first kappa shape index (κ1) is 29.6. The molecule has 2 rings (SSSR count). The van der Waals surface area contributed by atoms with Gasteiger partial charge >= 0.3 is 0 Å². The summed E-state index contributed by atoms with van der Waals surface area (Å²) in [6.45, 7) is 5.74. The minimum Gasteiger partial charge on any atom is -0.385 e. The molecule has 33 heavy (non-hydrogen) atoms. The van der Waals surface area contributed by atoms with Gasteiger partial charge in [0.25, 0.3) is 5.91 Å². The third-order valence-corrected chi connectivity index (χ3v) is 5.52. The highest BCUT2D eigenvalue weighted by Crippen LogP contribution is 2.24. The van der Waals surface area contributed by atoms with Crippen LogP contribution in [0.5, 0.6) is 0 Å². The Morgan fingerprint density at radius 2 is 2.00 bits per heavy atom. The van der Waals surface area contributed by atoms with Gasteiger partial charge in [-0.2, -0.15) is 5.10 Å². The molecule has 1 unspecified atom stereocenters. The van der Waals surface area contributed by atoms with Crippen LogP contribution in [0.2, 0.25) is 0 Å². The minimum atomic E-state index is -1.68. The number of aromatic nitrogens is 2. The normalized spacial score (nSPS) is 14.7. The molecule has 1 amide bonds. The highest BCUT2D eigenvalue weighted by atomic mass is 32.2. The second-order valence-electron chi connectivity index (χ2n) is 6.17. The van der Waals surface area contributed by atoms with Gasteiger partial charge in [0, 0.05) is 24.1 Å². The van der Waals surface area contributed by atoms with Crippen molar-refractivity contribution in [3.8, 4) is 0 Å². The van der Waals surface area contributed by atoms with E-state index in [0.717, 1.165) is 6.42 Å². The lowest BCUT2D eigenvalue weighted by Gasteiger charge is -2.06. The Bertz CT molecular complexity index is 1000. The van der Waals surface area contributed by atoms with Crippen LogP contribution < -0.4 is 16.8 Å². The summed E-state index contributed by atoms with van der Waals surface area (Å²) in [5.41, 5.74) is 11.1. The Morgan fingerprint density at radius 3 is 2.55 bits per heavy atom. The predicted molar refractivity (Wildman–Crippen MR) is 134 cm³/mol. The molecule has 5 N–H and O–H groups in total. The van der Waals surface area contributed by atoms with Crippen molar-refractivity contribution in [1.82, 2.24) is 9.78 Å². The van der Waals surface area contributed by atoms with Crippen molar-refractivity contribution in [3.63, 3.8) is 0 Å². The molecule has 1 heterocycles. The highest BCUT2D eigenvalue weighted by molar-refractivity contribution is 7.93. The molecule has 0 spiro atoms. The molecular formula is C23H32FN5O3S. The lowest BCUT2D eigenvalue weighted by atomic mass is 10.3. The highest BCUT2D eigenvalue weighted by Gasteiger charge is 2.16. The van der Waals surface area contributed by atoms with Gasteiger partial charge in [-0.05, 0) is 44.7 Å². The molecule has 0 saturated carbocycles. The van der Waals surface area contributed by atoms with E-state index in [1.807, 2.05) is 19.8 Å². The Hall–Kier alpha value is -3.37. The number of nitrogens with two attached hydrogens (primary N) is 2. The summed E-state index contributed by atoms with van der Waals surface area (Å²) in [5, 5.41) is 7.05. The lowest BCUT2D eigenvalue weighted by Crippen LogP contribution is -2.14. The first-order chi connectivity index (χ1) is 15.9. The van der Waals surface area contributed by atoms with Gasteiger partial charge in [0.05, 0.1) is 27.6 Å². The third kappa shape index (κ3) is 8.95. The Balaban J connectivity index is 0.00000242. The van der Waals surface area contributed by atoms with Crippen LogP contribution in [0.4, 0.5) is 10.1 Å². The molecule has 0 saturated heterocycles. The zero-order valence-electron chi connectivity index (χ0n) is 19.4. The fourth-order valence-electron chi connectivity index (χ4n) is 2.49. The molecule has 8 nitrogen and oxygen atoms in total. The number of allylic oxidation sites excluding steroid dienone is 10. The van der Waals surface area contributed by atoms with Gasteiger partial charge in [-0.25, -0.2) is 13.3 Å². The summed E-state index contributed by atoms with van der Waals surface area (Å²) in [5.74, 6) is -1.05. The second kappa shape index (κ2) is 16.3. The number of halogens is 1. The van der Waals surface area contributed by atoms with E-state index in [2.05, 4.69) is 16.1 Å². The number of amides is 1. The Morgan fingerprint density at radius 1 is 1.33 bits per heavy atom. The fourth-order valence-corrected chi connectivity index (χ4v) is 3.64. The number of anilines is 1. The summed E-state index contributed by atoms with van der Waals surface area (Å²) in [6.07, 6.45) is 16.1. The van der Waals surface area contributed by atoms with Gasteiger partial charge in [-0.3, -0.25) is 4.79 Å². The van der Waals surface area contributed by atoms with Crippen molar-refractivity contribution in [1.29, 1.82) is 0 Å². The molecule has 0 fully saturated rings. The molecule has 1 aromatic rings. The van der Waals surface area contributed by atoms with E-state index in [4.69, 9.17) is 10.5 Å². The summed E-state index contributed by atoms with van der Waals surface area (Å²) in [6, 6.07) is 0. The topological polar surface area (TPSA) is 133 Å². The monoisotopic (exact) mass is 477 g/mol. The third-order valence-electron chi connectivity index (χ3n) is 4.06. The number of nitrogens with one attached hydrogen (secondary N) is 1. The van der Waals surface area contributed by atoms with Crippen molar-refractivity contribution in [3.05, 3.63) is 76.1 Å². The summed E-state index contributed by atoms with van der Waals surface area (Å²) < 4.78 is 28.8. The zero-order chi connectivity index (χ0) is 25.4. The van der Waals surface area contributed by atoms with Crippen LogP contribution in [0, 0.1) is 0 Å². The van der Waals surface area contributed by atoms with Crippen molar-refractivity contribution >= 4 is 34.9 Å². The standard InChI is InChI=1S/C21H25FN4O2S.CH5N.CH2O/c1-4-5-9-16(29(28)19-11-8-6-7-10-17(19)22)13-12-15(2)26-14-18(24-3)20(25-26)21(23)27;2*1-2/h5-9,11-14,24H,4,10H2,1-3H3,(H2,23,27);2H2,1H3;1H2/b9-5-,15-12+,16-13+;;. The predicted octanol–water partition coefficient (Wildman–Crippen LogP) is 3.57. The molecule has 10 heteroatoms. The largest absolute Gasteiger partial charge is 0.385 e. The number of primary amides is 1. The number of hydrogen-bond acceptors (Lipinski definition) is 6. The molecule has 1 atom stereocenters. The molecule has 1 aliphatic rings. The minimum absolute atomic E-state index is 0.115.